The molecule has 1 aromatic carbocycles. The number of nitrogens with zero attached hydrogens (tertiary/aromatic N) is 4. The van der Waals surface area contributed by atoms with Gasteiger partial charge in [-0.1, -0.05) is 25.1 Å². The Balaban J connectivity index is 1.42. The largest absolute Gasteiger partial charge is 0.433 e. The maximum absolute atomic E-state index is 13.5. The molecule has 0 unspecified atom stereocenters. The molecule has 1 atom stereocenters. The molecule has 9 heteroatoms. The third-order valence-corrected chi connectivity index (χ3v) is 6.79. The van der Waals surface area contributed by atoms with Crippen LogP contribution in [-0.2, 0) is 12.6 Å². The van der Waals surface area contributed by atoms with Gasteiger partial charge in [0.05, 0.1) is 10.6 Å². The van der Waals surface area contributed by atoms with E-state index < -0.39 is 11.9 Å². The molecule has 1 aliphatic heterocycles. The molecule has 1 aliphatic rings. The Labute approximate surface area is 180 Å². The molecule has 1 saturated heterocycles. The van der Waals surface area contributed by atoms with Crippen LogP contribution >= 0.6 is 11.3 Å². The minimum atomic E-state index is -4.52. The summed E-state index contributed by atoms with van der Waals surface area (Å²) in [6.07, 6.45) is -3.46. The minimum absolute atomic E-state index is 0.0464. The van der Waals surface area contributed by atoms with E-state index in [4.69, 9.17) is 0 Å². The van der Waals surface area contributed by atoms with Crippen LogP contribution in [0.3, 0.4) is 0 Å². The summed E-state index contributed by atoms with van der Waals surface area (Å²) in [5.41, 5.74) is 0.282. The molecule has 0 bridgehead atoms. The molecule has 0 N–H and O–H groups in total. The molecule has 3 aromatic heterocycles. The van der Waals surface area contributed by atoms with E-state index in [-0.39, 0.29) is 17.5 Å². The van der Waals surface area contributed by atoms with Crippen LogP contribution in [0.1, 0.15) is 46.0 Å². The Hall–Kier alpha value is -2.94. The van der Waals surface area contributed by atoms with Crippen molar-refractivity contribution in [3.8, 4) is 0 Å². The van der Waals surface area contributed by atoms with Crippen molar-refractivity contribution >= 4 is 33.0 Å². The van der Waals surface area contributed by atoms with Gasteiger partial charge >= 0.3 is 6.18 Å². The number of hydrogen-bond donors (Lipinski definition) is 0. The monoisotopic (exact) mass is 444 g/mol. The van der Waals surface area contributed by atoms with Crippen LogP contribution in [0, 0.1) is 0 Å². The highest BCUT2D eigenvalue weighted by Crippen LogP contribution is 2.34. The van der Waals surface area contributed by atoms with Crippen LogP contribution in [-0.4, -0.2) is 38.5 Å². The highest BCUT2D eigenvalue weighted by molar-refractivity contribution is 7.20. The first-order valence-electron chi connectivity index (χ1n) is 10.1. The first kappa shape index (κ1) is 20.0. The fraction of sp³-hybridized carbons (Fsp3) is 0.318. The van der Waals surface area contributed by atoms with E-state index in [0.717, 1.165) is 20.7 Å². The molecule has 5 rings (SSSR count). The zero-order chi connectivity index (χ0) is 21.8. The number of halogens is 3. The highest BCUT2D eigenvalue weighted by atomic mass is 32.1. The lowest BCUT2D eigenvalue weighted by Crippen LogP contribution is -2.27. The topological polar surface area (TPSA) is 50.5 Å². The summed E-state index contributed by atoms with van der Waals surface area (Å²) >= 11 is 1.46. The van der Waals surface area contributed by atoms with Gasteiger partial charge in [-0.2, -0.15) is 18.3 Å². The molecule has 0 saturated carbocycles. The van der Waals surface area contributed by atoms with Crippen molar-refractivity contribution in [2.45, 2.75) is 31.9 Å². The Morgan fingerprint density at radius 3 is 2.77 bits per heavy atom. The predicted octanol–water partition coefficient (Wildman–Crippen LogP) is 5.15. The van der Waals surface area contributed by atoms with Gasteiger partial charge in [-0.3, -0.25) is 4.79 Å². The second kappa shape index (κ2) is 7.33. The number of fused-ring (bicyclic) bond motifs is 2. The third kappa shape index (κ3) is 3.56. The number of carbonyl (C=O) groups is 1. The summed E-state index contributed by atoms with van der Waals surface area (Å²) in [4.78, 5) is 19.7. The fourth-order valence-corrected chi connectivity index (χ4v) is 5.09. The van der Waals surface area contributed by atoms with Crippen LogP contribution < -0.4 is 0 Å². The number of benzene rings is 1. The fourth-order valence-electron chi connectivity index (χ4n) is 4.06. The van der Waals surface area contributed by atoms with Gasteiger partial charge in [-0.15, -0.1) is 11.3 Å². The van der Waals surface area contributed by atoms with Crippen molar-refractivity contribution in [1.82, 2.24) is 19.5 Å². The average molecular weight is 444 g/mol. The van der Waals surface area contributed by atoms with Gasteiger partial charge in [0.25, 0.3) is 5.91 Å². The standard InChI is InChI=1S/C22H19F3N4OS/c1-2-15-10-19(22(23,24)25)29-20(26-15)11-16(27-29)14-7-8-28(12-14)21(30)18-9-13-5-3-4-6-17(13)31-18/h3-6,9-11,14H,2,7-8,12H2,1H3/t14-/m1/s1. The number of carbonyl (C=O) groups excluding carboxylic acids is 1. The summed E-state index contributed by atoms with van der Waals surface area (Å²) in [5, 5.41) is 5.27. The lowest BCUT2D eigenvalue weighted by atomic mass is 10.1. The lowest BCUT2D eigenvalue weighted by molar-refractivity contribution is -0.142. The van der Waals surface area contributed by atoms with E-state index in [2.05, 4.69) is 10.1 Å². The van der Waals surface area contributed by atoms with E-state index in [1.54, 1.807) is 17.9 Å². The first-order chi connectivity index (χ1) is 14.8. The van der Waals surface area contributed by atoms with Gasteiger partial charge in [0.1, 0.15) is 5.69 Å². The van der Waals surface area contributed by atoms with E-state index in [1.807, 2.05) is 30.3 Å². The smallest absolute Gasteiger partial charge is 0.337 e. The van der Waals surface area contributed by atoms with Crippen LogP contribution in [0.4, 0.5) is 13.2 Å². The van der Waals surface area contributed by atoms with Crippen LogP contribution in [0.25, 0.3) is 15.7 Å². The number of thiophene rings is 1. The van der Waals surface area contributed by atoms with Crippen molar-refractivity contribution in [1.29, 1.82) is 0 Å². The molecule has 0 aliphatic carbocycles. The van der Waals surface area contributed by atoms with E-state index in [1.165, 1.54) is 11.3 Å². The van der Waals surface area contributed by atoms with Crippen LogP contribution in [0.2, 0.25) is 0 Å². The van der Waals surface area contributed by atoms with Gasteiger partial charge < -0.3 is 4.90 Å². The molecule has 0 spiro atoms. The highest BCUT2D eigenvalue weighted by Gasteiger charge is 2.36. The van der Waals surface area contributed by atoms with Crippen molar-refractivity contribution in [2.24, 2.45) is 0 Å². The average Bonchev–Trinajstić information content (AvgIpc) is 3.48. The molecular formula is C22H19F3N4OS. The van der Waals surface area contributed by atoms with E-state index in [0.29, 0.717) is 42.2 Å². The minimum Gasteiger partial charge on any atom is -0.337 e. The molecule has 1 fully saturated rings. The summed E-state index contributed by atoms with van der Waals surface area (Å²) < 4.78 is 42.5. The Morgan fingerprint density at radius 2 is 2.03 bits per heavy atom. The molecule has 160 valence electrons. The van der Waals surface area contributed by atoms with E-state index >= 15 is 0 Å². The van der Waals surface area contributed by atoms with Gasteiger partial charge in [0.2, 0.25) is 0 Å². The van der Waals surface area contributed by atoms with Crippen molar-refractivity contribution in [2.75, 3.05) is 13.1 Å². The molecular weight excluding hydrogens is 425 g/mol. The van der Waals surface area contributed by atoms with Gasteiger partial charge in [0.15, 0.2) is 5.65 Å². The van der Waals surface area contributed by atoms with Crippen molar-refractivity contribution in [3.05, 3.63) is 64.4 Å². The van der Waals surface area contributed by atoms with Crippen LogP contribution in [0.15, 0.2) is 42.5 Å². The molecule has 0 radical (unpaired) electrons. The maximum atomic E-state index is 13.5. The Kier molecular flexibility index (Phi) is 4.73. The van der Waals surface area contributed by atoms with E-state index in [9.17, 15) is 18.0 Å². The summed E-state index contributed by atoms with van der Waals surface area (Å²) in [6.45, 7) is 2.75. The first-order valence-corrected chi connectivity index (χ1v) is 10.9. The second-order valence-electron chi connectivity index (χ2n) is 7.71. The summed E-state index contributed by atoms with van der Waals surface area (Å²) in [7, 11) is 0. The quantitative estimate of drug-likeness (QED) is 0.439. The maximum Gasteiger partial charge on any atom is 0.433 e. The zero-order valence-electron chi connectivity index (χ0n) is 16.7. The molecule has 4 aromatic rings. The van der Waals surface area contributed by atoms with Crippen molar-refractivity contribution in [3.63, 3.8) is 0 Å². The normalized spacial score (nSPS) is 17.2. The molecule has 31 heavy (non-hydrogen) atoms. The number of hydrogen-bond acceptors (Lipinski definition) is 4. The Morgan fingerprint density at radius 1 is 1.23 bits per heavy atom. The van der Waals surface area contributed by atoms with Crippen LogP contribution in [0.5, 0.6) is 0 Å². The predicted molar refractivity (Wildman–Crippen MR) is 112 cm³/mol. The number of likely N-dealkylation sites (tertiary alicyclic amines) is 1. The molecule has 1 amide bonds. The summed E-state index contributed by atoms with van der Waals surface area (Å²) in [5.74, 6) is -0.166. The van der Waals surface area contributed by atoms with Gasteiger partial charge in [-0.25, -0.2) is 9.50 Å². The van der Waals surface area contributed by atoms with Gasteiger partial charge in [0, 0.05) is 35.5 Å². The number of aromatic nitrogens is 3. The lowest BCUT2D eigenvalue weighted by Gasteiger charge is -2.14. The third-order valence-electron chi connectivity index (χ3n) is 5.68. The van der Waals surface area contributed by atoms with Gasteiger partial charge in [-0.05, 0) is 36.4 Å². The number of alkyl halides is 3. The summed E-state index contributed by atoms with van der Waals surface area (Å²) in [6, 6.07) is 12.4. The second-order valence-corrected chi connectivity index (χ2v) is 8.79. The number of amides is 1. The Bertz CT molecular complexity index is 1260. The number of aryl methyl sites for hydroxylation is 1. The molecule has 4 heterocycles. The van der Waals surface area contributed by atoms with Crippen molar-refractivity contribution < 1.29 is 18.0 Å². The number of rotatable bonds is 3. The SMILES string of the molecule is CCc1cc(C(F)(F)F)n2nc([C@@H]3CCN(C(=O)c4cc5ccccc5s4)C3)cc2n1. The molecule has 5 nitrogen and oxygen atoms in total. The zero-order valence-corrected chi connectivity index (χ0v) is 17.5.